The molecule has 3 rings (SSSR count). The number of carbonyl (C=O) groups is 1. The lowest BCUT2D eigenvalue weighted by molar-refractivity contribution is -0.123. The molecule has 3 nitrogen and oxygen atoms in total. The van der Waals surface area contributed by atoms with Crippen molar-refractivity contribution in [3.8, 4) is 0 Å². The van der Waals surface area contributed by atoms with Crippen LogP contribution in [0.3, 0.4) is 0 Å². The monoisotopic (exact) mass is 292 g/mol. The summed E-state index contributed by atoms with van der Waals surface area (Å²) in [5.41, 5.74) is 9.21. The van der Waals surface area contributed by atoms with Crippen LogP contribution in [-0.2, 0) is 4.79 Å². The van der Waals surface area contributed by atoms with Crippen molar-refractivity contribution < 1.29 is 4.79 Å². The van der Waals surface area contributed by atoms with E-state index in [2.05, 4.69) is 35.2 Å². The van der Waals surface area contributed by atoms with Crippen LogP contribution in [0.4, 0.5) is 0 Å². The van der Waals surface area contributed by atoms with Crippen LogP contribution >= 0.6 is 0 Å². The minimum absolute atomic E-state index is 0.289. The molecule has 1 heterocycles. The number of primary amides is 1. The zero-order valence-corrected chi connectivity index (χ0v) is 12.5. The third kappa shape index (κ3) is 3.10. The first-order valence-electron chi connectivity index (χ1n) is 7.58. The summed E-state index contributed by atoms with van der Waals surface area (Å²) in [6.07, 6.45) is 3.14. The molecule has 1 atom stereocenters. The molecular formula is C19H20N2O. The molecule has 0 unspecified atom stereocenters. The molecule has 0 saturated heterocycles. The molecule has 2 N–H and O–H groups in total. The van der Waals surface area contributed by atoms with E-state index in [9.17, 15) is 4.79 Å². The lowest BCUT2D eigenvalue weighted by Crippen LogP contribution is -2.40. The standard InChI is InChI=1S/C19H20N2O/c20-19(22)18(17-9-5-2-6-10-17)21-13-11-16(12-14-21)15-7-3-1-4-8-15/h1-11,18H,12-14H2,(H2,20,22)/t18-/m1/s1. The van der Waals surface area contributed by atoms with Crippen LogP contribution in [-0.4, -0.2) is 23.9 Å². The van der Waals surface area contributed by atoms with Crippen LogP contribution in [0.15, 0.2) is 66.7 Å². The Bertz CT molecular complexity index is 664. The lowest BCUT2D eigenvalue weighted by atomic mass is 9.97. The maximum absolute atomic E-state index is 11.9. The van der Waals surface area contributed by atoms with Gasteiger partial charge in [0.1, 0.15) is 6.04 Å². The molecule has 1 aliphatic rings. The van der Waals surface area contributed by atoms with Crippen molar-refractivity contribution in [2.24, 2.45) is 5.73 Å². The van der Waals surface area contributed by atoms with E-state index in [4.69, 9.17) is 5.73 Å². The van der Waals surface area contributed by atoms with Gasteiger partial charge in [-0.15, -0.1) is 0 Å². The van der Waals surface area contributed by atoms with Gasteiger partial charge < -0.3 is 5.73 Å². The zero-order chi connectivity index (χ0) is 15.4. The smallest absolute Gasteiger partial charge is 0.239 e. The summed E-state index contributed by atoms with van der Waals surface area (Å²) in [4.78, 5) is 14.1. The van der Waals surface area contributed by atoms with Crippen LogP contribution < -0.4 is 5.73 Å². The van der Waals surface area contributed by atoms with E-state index in [-0.39, 0.29) is 11.9 Å². The quantitative estimate of drug-likeness (QED) is 0.941. The van der Waals surface area contributed by atoms with Crippen molar-refractivity contribution in [1.82, 2.24) is 4.90 Å². The van der Waals surface area contributed by atoms with E-state index in [1.54, 1.807) is 0 Å². The van der Waals surface area contributed by atoms with Crippen molar-refractivity contribution in [1.29, 1.82) is 0 Å². The normalized spacial score (nSPS) is 16.8. The molecule has 1 amide bonds. The topological polar surface area (TPSA) is 46.3 Å². The average molecular weight is 292 g/mol. The first-order valence-corrected chi connectivity index (χ1v) is 7.58. The van der Waals surface area contributed by atoms with Gasteiger partial charge >= 0.3 is 0 Å². The Balaban J connectivity index is 1.79. The summed E-state index contributed by atoms with van der Waals surface area (Å²) in [6.45, 7) is 1.58. The number of rotatable bonds is 4. The predicted molar refractivity (Wildman–Crippen MR) is 89.0 cm³/mol. The maximum Gasteiger partial charge on any atom is 0.239 e. The summed E-state index contributed by atoms with van der Waals surface area (Å²) in [7, 11) is 0. The zero-order valence-electron chi connectivity index (χ0n) is 12.5. The van der Waals surface area contributed by atoms with Gasteiger partial charge in [-0.3, -0.25) is 9.69 Å². The van der Waals surface area contributed by atoms with Crippen molar-refractivity contribution in [2.75, 3.05) is 13.1 Å². The fraction of sp³-hybridized carbons (Fsp3) is 0.211. The van der Waals surface area contributed by atoms with Gasteiger partial charge in [-0.1, -0.05) is 66.7 Å². The molecule has 0 saturated carbocycles. The van der Waals surface area contributed by atoms with Gasteiger partial charge in [0.25, 0.3) is 0 Å². The number of hydrogen-bond donors (Lipinski definition) is 1. The fourth-order valence-electron chi connectivity index (χ4n) is 3.02. The summed E-state index contributed by atoms with van der Waals surface area (Å²) >= 11 is 0. The number of benzene rings is 2. The van der Waals surface area contributed by atoms with Gasteiger partial charge in [-0.05, 0) is 23.1 Å². The molecule has 3 heteroatoms. The van der Waals surface area contributed by atoms with Crippen LogP contribution in [0.25, 0.3) is 5.57 Å². The molecule has 1 aliphatic heterocycles. The summed E-state index contributed by atoms with van der Waals surface area (Å²) in [6, 6.07) is 19.8. The SMILES string of the molecule is NC(=O)[C@@H](c1ccccc1)N1CC=C(c2ccccc2)CC1. The van der Waals surface area contributed by atoms with Gasteiger partial charge in [-0.25, -0.2) is 0 Å². The van der Waals surface area contributed by atoms with E-state index in [1.165, 1.54) is 11.1 Å². The first-order chi connectivity index (χ1) is 10.8. The van der Waals surface area contributed by atoms with E-state index in [1.807, 2.05) is 36.4 Å². The van der Waals surface area contributed by atoms with E-state index in [0.29, 0.717) is 0 Å². The van der Waals surface area contributed by atoms with E-state index >= 15 is 0 Å². The van der Waals surface area contributed by atoms with Crippen molar-refractivity contribution in [3.63, 3.8) is 0 Å². The minimum Gasteiger partial charge on any atom is -0.368 e. The Labute approximate surface area is 131 Å². The van der Waals surface area contributed by atoms with Crippen LogP contribution in [0.5, 0.6) is 0 Å². The van der Waals surface area contributed by atoms with Crippen molar-refractivity contribution in [2.45, 2.75) is 12.5 Å². The Kier molecular flexibility index (Phi) is 4.35. The third-order valence-electron chi connectivity index (χ3n) is 4.14. The van der Waals surface area contributed by atoms with Crippen LogP contribution in [0, 0.1) is 0 Å². The number of nitrogens with zero attached hydrogens (tertiary/aromatic N) is 1. The number of hydrogen-bond acceptors (Lipinski definition) is 2. The highest BCUT2D eigenvalue weighted by Gasteiger charge is 2.26. The first kappa shape index (κ1) is 14.5. The number of nitrogens with two attached hydrogens (primary N) is 1. The van der Waals surface area contributed by atoms with E-state index < -0.39 is 0 Å². The lowest BCUT2D eigenvalue weighted by Gasteiger charge is -2.32. The molecule has 2 aromatic carbocycles. The Morgan fingerprint density at radius 3 is 2.18 bits per heavy atom. The Morgan fingerprint density at radius 2 is 1.64 bits per heavy atom. The second kappa shape index (κ2) is 6.58. The molecule has 2 aromatic rings. The molecule has 0 bridgehead atoms. The molecule has 0 spiro atoms. The summed E-state index contributed by atoms with van der Waals surface area (Å²) in [5, 5.41) is 0. The molecule has 0 aliphatic carbocycles. The predicted octanol–water partition coefficient (Wildman–Crippen LogP) is 3.00. The third-order valence-corrected chi connectivity index (χ3v) is 4.14. The fourth-order valence-corrected chi connectivity index (χ4v) is 3.02. The number of carbonyl (C=O) groups excluding carboxylic acids is 1. The van der Waals surface area contributed by atoms with Gasteiger partial charge in [-0.2, -0.15) is 0 Å². The Hall–Kier alpha value is -2.39. The van der Waals surface area contributed by atoms with Gasteiger partial charge in [0.05, 0.1) is 0 Å². The molecule has 22 heavy (non-hydrogen) atoms. The molecular weight excluding hydrogens is 272 g/mol. The average Bonchev–Trinajstić information content (AvgIpc) is 2.57. The molecule has 0 fully saturated rings. The van der Waals surface area contributed by atoms with Crippen molar-refractivity contribution >= 4 is 11.5 Å². The second-order valence-corrected chi connectivity index (χ2v) is 5.56. The highest BCUT2D eigenvalue weighted by Crippen LogP contribution is 2.28. The second-order valence-electron chi connectivity index (χ2n) is 5.56. The van der Waals surface area contributed by atoms with Crippen LogP contribution in [0.2, 0.25) is 0 Å². The summed E-state index contributed by atoms with van der Waals surface area (Å²) in [5.74, 6) is -0.289. The van der Waals surface area contributed by atoms with Crippen LogP contribution in [0.1, 0.15) is 23.6 Å². The summed E-state index contributed by atoms with van der Waals surface area (Å²) < 4.78 is 0. The maximum atomic E-state index is 11.9. The van der Waals surface area contributed by atoms with Crippen molar-refractivity contribution in [3.05, 3.63) is 77.9 Å². The minimum atomic E-state index is -0.352. The Morgan fingerprint density at radius 1 is 1.00 bits per heavy atom. The molecule has 0 aromatic heterocycles. The molecule has 112 valence electrons. The highest BCUT2D eigenvalue weighted by atomic mass is 16.1. The van der Waals surface area contributed by atoms with E-state index in [0.717, 1.165) is 25.1 Å². The van der Waals surface area contributed by atoms with Gasteiger partial charge in [0, 0.05) is 13.1 Å². The number of amides is 1. The largest absolute Gasteiger partial charge is 0.368 e. The molecule has 0 radical (unpaired) electrons. The van der Waals surface area contributed by atoms with Gasteiger partial charge in [0.15, 0.2) is 0 Å². The van der Waals surface area contributed by atoms with Gasteiger partial charge in [0.2, 0.25) is 5.91 Å². The highest BCUT2D eigenvalue weighted by molar-refractivity contribution is 5.81.